The van der Waals surface area contributed by atoms with E-state index < -0.39 is 0 Å². The van der Waals surface area contributed by atoms with E-state index in [9.17, 15) is 4.79 Å². The molecule has 0 spiro atoms. The molecule has 7 nitrogen and oxygen atoms in total. The van der Waals surface area contributed by atoms with Crippen LogP contribution in [0.15, 0.2) is 36.8 Å². The number of benzene rings is 1. The third kappa shape index (κ3) is 3.69. The number of fused-ring (bicyclic) bond motifs is 1. The molecular formula is C22H27N5O2. The summed E-state index contributed by atoms with van der Waals surface area (Å²) in [5.74, 6) is 0.949. The van der Waals surface area contributed by atoms with Gasteiger partial charge in [-0.1, -0.05) is 18.2 Å². The van der Waals surface area contributed by atoms with E-state index in [1.807, 2.05) is 37.5 Å². The number of aromatic nitrogens is 4. The summed E-state index contributed by atoms with van der Waals surface area (Å²) in [6, 6.07) is 8.27. The number of para-hydroxylation sites is 1. The molecule has 0 amide bonds. The minimum Gasteiger partial charge on any atom is -0.462 e. The Hall–Kier alpha value is -2.96. The molecule has 1 atom stereocenters. The lowest BCUT2D eigenvalue weighted by Gasteiger charge is -2.35. The Labute approximate surface area is 170 Å². The number of nitrogens with zero attached hydrogens (tertiary/aromatic N) is 5. The van der Waals surface area contributed by atoms with Gasteiger partial charge in [0.15, 0.2) is 0 Å². The Morgan fingerprint density at radius 1 is 1.31 bits per heavy atom. The molecule has 1 aromatic carbocycles. The number of pyridine rings is 1. The van der Waals surface area contributed by atoms with E-state index in [4.69, 9.17) is 4.74 Å². The third-order valence-corrected chi connectivity index (χ3v) is 5.50. The minimum absolute atomic E-state index is 0.260. The van der Waals surface area contributed by atoms with Crippen LogP contribution in [-0.4, -0.2) is 45.4 Å². The van der Waals surface area contributed by atoms with E-state index in [1.165, 1.54) is 0 Å². The van der Waals surface area contributed by atoms with E-state index in [-0.39, 0.29) is 11.9 Å². The molecule has 1 unspecified atom stereocenters. The number of esters is 1. The molecule has 0 N–H and O–H groups in total. The van der Waals surface area contributed by atoms with Gasteiger partial charge in [0.1, 0.15) is 17.7 Å². The second-order valence-electron chi connectivity index (χ2n) is 7.73. The van der Waals surface area contributed by atoms with Crippen molar-refractivity contribution in [2.24, 2.45) is 0 Å². The lowest BCUT2D eigenvalue weighted by atomic mass is 9.95. The Morgan fingerprint density at radius 3 is 2.93 bits per heavy atom. The van der Waals surface area contributed by atoms with Gasteiger partial charge >= 0.3 is 5.97 Å². The average molecular weight is 393 g/mol. The van der Waals surface area contributed by atoms with Crippen LogP contribution in [0.5, 0.6) is 0 Å². The van der Waals surface area contributed by atoms with Crippen LogP contribution in [0, 0.1) is 0 Å². The number of carbonyl (C=O) groups is 1. The van der Waals surface area contributed by atoms with Crippen LogP contribution in [0.25, 0.3) is 10.9 Å². The van der Waals surface area contributed by atoms with Crippen molar-refractivity contribution < 1.29 is 9.53 Å². The van der Waals surface area contributed by atoms with Gasteiger partial charge in [-0.15, -0.1) is 10.2 Å². The van der Waals surface area contributed by atoms with Gasteiger partial charge in [0.25, 0.3) is 0 Å². The number of ether oxygens (including phenoxy) is 1. The Bertz CT molecular complexity index is 1010. The SMILES string of the molecule is CCOC(=O)c1cnc2ccccc2c1N1CCCC(c2nncn2C(C)C)C1. The highest BCUT2D eigenvalue weighted by molar-refractivity contribution is 6.05. The maximum absolute atomic E-state index is 12.7. The van der Waals surface area contributed by atoms with E-state index >= 15 is 0 Å². The third-order valence-electron chi connectivity index (χ3n) is 5.50. The highest BCUT2D eigenvalue weighted by Gasteiger charge is 2.29. The summed E-state index contributed by atoms with van der Waals surface area (Å²) >= 11 is 0. The first-order valence-corrected chi connectivity index (χ1v) is 10.3. The number of hydrogen-bond acceptors (Lipinski definition) is 6. The van der Waals surface area contributed by atoms with Gasteiger partial charge in [0.2, 0.25) is 0 Å². The molecule has 152 valence electrons. The monoisotopic (exact) mass is 393 g/mol. The zero-order valence-electron chi connectivity index (χ0n) is 17.2. The zero-order valence-corrected chi connectivity index (χ0v) is 17.2. The van der Waals surface area contributed by atoms with E-state index in [1.54, 1.807) is 6.20 Å². The van der Waals surface area contributed by atoms with Crippen LogP contribution >= 0.6 is 0 Å². The van der Waals surface area contributed by atoms with Gasteiger partial charge in [-0.2, -0.15) is 0 Å². The van der Waals surface area contributed by atoms with E-state index in [0.29, 0.717) is 18.2 Å². The van der Waals surface area contributed by atoms with Crippen molar-refractivity contribution in [3.8, 4) is 0 Å². The molecule has 1 fully saturated rings. The predicted octanol–water partition coefficient (Wildman–Crippen LogP) is 3.97. The Kier molecular flexibility index (Phi) is 5.47. The van der Waals surface area contributed by atoms with Crippen molar-refractivity contribution >= 4 is 22.6 Å². The Balaban J connectivity index is 1.76. The summed E-state index contributed by atoms with van der Waals surface area (Å²) in [5, 5.41) is 9.54. The summed E-state index contributed by atoms with van der Waals surface area (Å²) in [6.07, 6.45) is 5.54. The van der Waals surface area contributed by atoms with Crippen molar-refractivity contribution in [2.75, 3.05) is 24.6 Å². The molecule has 0 bridgehead atoms. The fourth-order valence-corrected chi connectivity index (χ4v) is 4.16. The zero-order chi connectivity index (χ0) is 20.4. The molecule has 29 heavy (non-hydrogen) atoms. The summed E-state index contributed by atoms with van der Waals surface area (Å²) < 4.78 is 7.47. The molecule has 1 aliphatic heterocycles. The molecule has 1 aliphatic rings. The number of anilines is 1. The average Bonchev–Trinajstić information content (AvgIpc) is 3.23. The Morgan fingerprint density at radius 2 is 2.14 bits per heavy atom. The number of piperidine rings is 1. The molecule has 3 aromatic rings. The normalized spacial score (nSPS) is 17.1. The van der Waals surface area contributed by atoms with Crippen molar-refractivity contribution in [1.29, 1.82) is 0 Å². The van der Waals surface area contributed by atoms with E-state index in [2.05, 4.69) is 38.5 Å². The van der Waals surface area contributed by atoms with E-state index in [0.717, 1.165) is 48.3 Å². The number of rotatable bonds is 5. The molecule has 3 heterocycles. The van der Waals surface area contributed by atoms with Crippen molar-refractivity contribution in [1.82, 2.24) is 19.7 Å². The van der Waals surface area contributed by atoms with Gasteiger partial charge < -0.3 is 14.2 Å². The standard InChI is InChI=1S/C22H27N5O2/c1-4-29-22(28)18-12-23-19-10-6-5-9-17(19)20(18)26-11-7-8-16(13-26)21-25-24-14-27(21)15(2)3/h5-6,9-10,12,14-16H,4,7-8,11,13H2,1-3H3. The molecule has 0 saturated carbocycles. The highest BCUT2D eigenvalue weighted by atomic mass is 16.5. The molecule has 7 heteroatoms. The first-order valence-electron chi connectivity index (χ1n) is 10.3. The topological polar surface area (TPSA) is 73.1 Å². The van der Waals surface area contributed by atoms with Crippen LogP contribution in [0.1, 0.15) is 61.8 Å². The summed E-state index contributed by atoms with van der Waals surface area (Å²) in [5.41, 5.74) is 2.31. The fourth-order valence-electron chi connectivity index (χ4n) is 4.16. The van der Waals surface area contributed by atoms with Gasteiger partial charge in [-0.3, -0.25) is 4.98 Å². The molecule has 4 rings (SSSR count). The number of hydrogen-bond donors (Lipinski definition) is 0. The van der Waals surface area contributed by atoms with Crippen molar-refractivity contribution in [3.63, 3.8) is 0 Å². The van der Waals surface area contributed by atoms with Crippen molar-refractivity contribution in [2.45, 2.75) is 45.6 Å². The van der Waals surface area contributed by atoms with Gasteiger partial charge in [0.05, 0.1) is 17.8 Å². The summed E-state index contributed by atoms with van der Waals surface area (Å²) in [6.45, 7) is 8.11. The molecule has 2 aromatic heterocycles. The first-order chi connectivity index (χ1) is 14.1. The maximum atomic E-state index is 12.7. The molecular weight excluding hydrogens is 366 g/mol. The quantitative estimate of drug-likeness (QED) is 0.611. The maximum Gasteiger partial charge on any atom is 0.341 e. The second-order valence-corrected chi connectivity index (χ2v) is 7.73. The largest absolute Gasteiger partial charge is 0.462 e. The van der Waals surface area contributed by atoms with Crippen LogP contribution < -0.4 is 4.90 Å². The highest BCUT2D eigenvalue weighted by Crippen LogP contribution is 2.35. The predicted molar refractivity (Wildman–Crippen MR) is 112 cm³/mol. The summed E-state index contributed by atoms with van der Waals surface area (Å²) in [4.78, 5) is 19.5. The minimum atomic E-state index is -0.326. The van der Waals surface area contributed by atoms with Gasteiger partial charge in [-0.25, -0.2) is 4.79 Å². The molecule has 0 radical (unpaired) electrons. The van der Waals surface area contributed by atoms with Gasteiger partial charge in [0, 0.05) is 36.6 Å². The smallest absolute Gasteiger partial charge is 0.341 e. The van der Waals surface area contributed by atoms with Crippen LogP contribution in [0.4, 0.5) is 5.69 Å². The first kappa shape index (κ1) is 19.4. The van der Waals surface area contributed by atoms with Crippen LogP contribution in [-0.2, 0) is 4.74 Å². The summed E-state index contributed by atoms with van der Waals surface area (Å²) in [7, 11) is 0. The lowest BCUT2D eigenvalue weighted by molar-refractivity contribution is 0.0526. The van der Waals surface area contributed by atoms with Crippen molar-refractivity contribution in [3.05, 3.63) is 48.2 Å². The second kappa shape index (κ2) is 8.19. The number of carbonyl (C=O) groups excluding carboxylic acids is 1. The van der Waals surface area contributed by atoms with Gasteiger partial charge in [-0.05, 0) is 39.7 Å². The lowest BCUT2D eigenvalue weighted by Crippen LogP contribution is -2.36. The molecule has 0 aliphatic carbocycles. The van der Waals surface area contributed by atoms with Crippen LogP contribution in [0.2, 0.25) is 0 Å². The molecule has 1 saturated heterocycles. The fraction of sp³-hybridized carbons (Fsp3) is 0.455. The van der Waals surface area contributed by atoms with Crippen LogP contribution in [0.3, 0.4) is 0 Å².